The summed E-state index contributed by atoms with van der Waals surface area (Å²) in [6.45, 7) is 0.337. The molecule has 0 amide bonds. The minimum Gasteiger partial charge on any atom is -0.460 e. The van der Waals surface area contributed by atoms with Crippen molar-refractivity contribution < 1.29 is 9.53 Å². The van der Waals surface area contributed by atoms with Crippen molar-refractivity contribution in [3.63, 3.8) is 0 Å². The zero-order valence-corrected chi connectivity index (χ0v) is 12.2. The van der Waals surface area contributed by atoms with Crippen molar-refractivity contribution in [1.82, 2.24) is 5.09 Å². The van der Waals surface area contributed by atoms with Crippen LogP contribution in [0, 0.1) is 0 Å². The number of nitrogens with one attached hydrogen (secondary N) is 1. The summed E-state index contributed by atoms with van der Waals surface area (Å²) in [5, 5.41) is 2.88. The zero-order chi connectivity index (χ0) is 11.8. The minimum absolute atomic E-state index is 0.199. The topological polar surface area (TPSA) is 38.3 Å². The Balaban J connectivity index is 2.40. The third-order valence-corrected chi connectivity index (χ3v) is 3.13. The first kappa shape index (κ1) is 13.9. The highest BCUT2D eigenvalue weighted by atomic mass is 127. The highest BCUT2D eigenvalue weighted by molar-refractivity contribution is 14.1. The molecule has 0 bridgehead atoms. The third kappa shape index (κ3) is 4.76. The maximum atomic E-state index is 11.6. The van der Waals surface area contributed by atoms with E-state index in [1.807, 2.05) is 30.3 Å². The van der Waals surface area contributed by atoms with E-state index in [1.54, 1.807) is 0 Å². The zero-order valence-electron chi connectivity index (χ0n) is 8.86. The average Bonchev–Trinajstić information content (AvgIpc) is 2.34. The number of ether oxygens (including phenoxy) is 1. The molecule has 16 heavy (non-hydrogen) atoms. The predicted molar refractivity (Wildman–Crippen MR) is 76.4 cm³/mol. The summed E-state index contributed by atoms with van der Waals surface area (Å²) in [5.74, 6) is -0.199. The van der Waals surface area contributed by atoms with Crippen molar-refractivity contribution in [3.05, 3.63) is 35.9 Å². The van der Waals surface area contributed by atoms with Gasteiger partial charge in [-0.2, -0.15) is 0 Å². The van der Waals surface area contributed by atoms with Crippen LogP contribution in [0.2, 0.25) is 0 Å². The van der Waals surface area contributed by atoms with E-state index in [4.69, 9.17) is 4.74 Å². The van der Waals surface area contributed by atoms with Gasteiger partial charge in [-0.25, -0.2) is 0 Å². The molecule has 0 aliphatic heterocycles. The molecular weight excluding hydrogens is 336 g/mol. The van der Waals surface area contributed by atoms with Gasteiger partial charge >= 0.3 is 5.97 Å². The molecule has 3 nitrogen and oxygen atoms in total. The van der Waals surface area contributed by atoms with Gasteiger partial charge in [-0.05, 0) is 12.0 Å². The van der Waals surface area contributed by atoms with Crippen LogP contribution in [0.25, 0.3) is 0 Å². The Hall–Kier alpha value is -0.190. The van der Waals surface area contributed by atoms with E-state index >= 15 is 0 Å². The molecule has 1 N–H and O–H groups in total. The van der Waals surface area contributed by atoms with E-state index in [1.165, 1.54) is 0 Å². The molecule has 1 aromatic rings. The lowest BCUT2D eigenvalue weighted by molar-refractivity contribution is -0.146. The first-order valence-corrected chi connectivity index (χ1v) is 7.11. The molecule has 1 aromatic carbocycles. The summed E-state index contributed by atoms with van der Waals surface area (Å²) in [6, 6.07) is 9.45. The number of halogens is 1. The van der Waals surface area contributed by atoms with E-state index in [0.717, 1.165) is 16.4 Å². The van der Waals surface area contributed by atoms with Crippen LogP contribution < -0.4 is 5.09 Å². The van der Waals surface area contributed by atoms with Crippen LogP contribution in [-0.4, -0.2) is 16.4 Å². The third-order valence-electron chi connectivity index (χ3n) is 2.11. The van der Waals surface area contributed by atoms with Gasteiger partial charge < -0.3 is 4.74 Å². The maximum Gasteiger partial charge on any atom is 0.323 e. The van der Waals surface area contributed by atoms with E-state index in [9.17, 15) is 4.79 Å². The largest absolute Gasteiger partial charge is 0.460 e. The number of carbonyl (C=O) groups is 1. The Morgan fingerprint density at radius 2 is 2.12 bits per heavy atom. The second-order valence-corrected chi connectivity index (χ2v) is 4.70. The number of alkyl halides is 1. The fourth-order valence-corrected chi connectivity index (χ4v) is 2.13. The molecular formula is C11H15INO2P. The molecule has 0 spiro atoms. The second kappa shape index (κ2) is 7.98. The number of hydrogen-bond donors (Lipinski definition) is 1. The predicted octanol–water partition coefficient (Wildman–Crippen LogP) is 2.30. The smallest absolute Gasteiger partial charge is 0.323 e. The van der Waals surface area contributed by atoms with E-state index < -0.39 is 0 Å². The molecule has 88 valence electrons. The first-order valence-electron chi connectivity index (χ1n) is 5.00. The molecule has 0 aliphatic rings. The van der Waals surface area contributed by atoms with Gasteiger partial charge in [-0.15, -0.1) is 0 Å². The van der Waals surface area contributed by atoms with Crippen LogP contribution in [0.15, 0.2) is 30.3 Å². The summed E-state index contributed by atoms with van der Waals surface area (Å²) in [5.41, 5.74) is 1.01. The molecule has 0 saturated heterocycles. The molecule has 2 atom stereocenters. The first-order chi connectivity index (χ1) is 7.77. The van der Waals surface area contributed by atoms with E-state index in [2.05, 4.69) is 37.1 Å². The lowest BCUT2D eigenvalue weighted by Crippen LogP contribution is -2.32. The van der Waals surface area contributed by atoms with E-state index in [-0.39, 0.29) is 12.0 Å². The van der Waals surface area contributed by atoms with Crippen LogP contribution >= 0.6 is 32.0 Å². The number of esters is 1. The van der Waals surface area contributed by atoms with Crippen LogP contribution in [0.1, 0.15) is 12.0 Å². The van der Waals surface area contributed by atoms with Gasteiger partial charge in [0.15, 0.2) is 0 Å². The number of benzene rings is 1. The summed E-state index contributed by atoms with van der Waals surface area (Å²) < 4.78 is 6.14. The standard InChI is InChI=1S/C11H15INO2P/c12-7-6-10(13-16)11(14)15-8-9-4-2-1-3-5-9/h1-5,10,13H,6-8,16H2. The van der Waals surface area contributed by atoms with Gasteiger partial charge in [0.05, 0.1) is 0 Å². The van der Waals surface area contributed by atoms with Crippen LogP contribution in [0.5, 0.6) is 0 Å². The van der Waals surface area contributed by atoms with Crippen molar-refractivity contribution in [1.29, 1.82) is 0 Å². The van der Waals surface area contributed by atoms with Gasteiger partial charge in [0.25, 0.3) is 0 Å². The molecule has 1 rings (SSSR count). The Bertz CT molecular complexity index is 321. The fraction of sp³-hybridized carbons (Fsp3) is 0.364. The van der Waals surface area contributed by atoms with Gasteiger partial charge in [0.1, 0.15) is 12.6 Å². The van der Waals surface area contributed by atoms with Gasteiger partial charge in [-0.1, -0.05) is 62.3 Å². The Morgan fingerprint density at radius 3 is 2.69 bits per heavy atom. The highest BCUT2D eigenvalue weighted by Gasteiger charge is 2.16. The van der Waals surface area contributed by atoms with Crippen molar-refractivity contribution in [3.8, 4) is 0 Å². The van der Waals surface area contributed by atoms with Crippen molar-refractivity contribution in [2.24, 2.45) is 0 Å². The van der Waals surface area contributed by atoms with Gasteiger partial charge in [0.2, 0.25) is 0 Å². The maximum absolute atomic E-state index is 11.6. The van der Waals surface area contributed by atoms with Crippen molar-refractivity contribution >= 4 is 38.0 Å². The monoisotopic (exact) mass is 351 g/mol. The summed E-state index contributed by atoms with van der Waals surface area (Å²) in [7, 11) is 2.36. The number of rotatable bonds is 6. The SMILES string of the molecule is O=C(OCc1ccccc1)C(CCI)NP. The summed E-state index contributed by atoms with van der Waals surface area (Å²) in [6.07, 6.45) is 0.775. The molecule has 0 heterocycles. The number of hydrogen-bond acceptors (Lipinski definition) is 3. The number of carbonyl (C=O) groups excluding carboxylic acids is 1. The summed E-state index contributed by atoms with van der Waals surface area (Å²) >= 11 is 2.24. The van der Waals surface area contributed by atoms with Crippen LogP contribution in [-0.2, 0) is 16.1 Å². The Morgan fingerprint density at radius 1 is 1.44 bits per heavy atom. The van der Waals surface area contributed by atoms with Gasteiger partial charge in [-0.3, -0.25) is 9.88 Å². The normalized spacial score (nSPS) is 12.1. The van der Waals surface area contributed by atoms with Gasteiger partial charge in [0, 0.05) is 4.43 Å². The van der Waals surface area contributed by atoms with E-state index in [0.29, 0.717) is 6.61 Å². The lowest BCUT2D eigenvalue weighted by Gasteiger charge is -2.13. The molecule has 0 fully saturated rings. The lowest BCUT2D eigenvalue weighted by atomic mass is 10.2. The molecule has 0 radical (unpaired) electrons. The molecule has 2 unspecified atom stereocenters. The quantitative estimate of drug-likeness (QED) is 0.370. The molecule has 5 heteroatoms. The molecule has 0 aromatic heterocycles. The average molecular weight is 351 g/mol. The van der Waals surface area contributed by atoms with Crippen molar-refractivity contribution in [2.75, 3.05) is 4.43 Å². The molecule has 0 aliphatic carbocycles. The highest BCUT2D eigenvalue weighted by Crippen LogP contribution is 2.05. The minimum atomic E-state index is -0.231. The van der Waals surface area contributed by atoms with Crippen LogP contribution in [0.3, 0.4) is 0 Å². The second-order valence-electron chi connectivity index (χ2n) is 3.29. The fourth-order valence-electron chi connectivity index (χ4n) is 1.21. The Labute approximate surface area is 112 Å². The Kier molecular flexibility index (Phi) is 6.92. The van der Waals surface area contributed by atoms with Crippen LogP contribution in [0.4, 0.5) is 0 Å². The molecule has 0 saturated carbocycles. The van der Waals surface area contributed by atoms with Crippen molar-refractivity contribution in [2.45, 2.75) is 19.1 Å². The summed E-state index contributed by atoms with van der Waals surface area (Å²) in [4.78, 5) is 11.6.